The van der Waals surface area contributed by atoms with Crippen LogP contribution in [0.15, 0.2) is 30.3 Å². The first-order valence-corrected chi connectivity index (χ1v) is 8.44. The molecule has 0 amide bonds. The van der Waals surface area contributed by atoms with Crippen LogP contribution < -0.4 is 5.32 Å². The summed E-state index contributed by atoms with van der Waals surface area (Å²) < 4.78 is 0. The molecular formula is C16H25NOS. The number of rotatable bonds is 5. The zero-order valence-electron chi connectivity index (χ0n) is 11.9. The third-order valence-electron chi connectivity index (χ3n) is 4.09. The summed E-state index contributed by atoms with van der Waals surface area (Å²) in [4.78, 5) is 0. The van der Waals surface area contributed by atoms with Gasteiger partial charge in [0.2, 0.25) is 0 Å². The van der Waals surface area contributed by atoms with Crippen molar-refractivity contribution in [2.45, 2.75) is 49.5 Å². The lowest BCUT2D eigenvalue weighted by atomic mass is 9.92. The van der Waals surface area contributed by atoms with Crippen molar-refractivity contribution in [2.75, 3.05) is 12.8 Å². The molecule has 1 aromatic carbocycles. The highest BCUT2D eigenvalue weighted by atomic mass is 32.2. The van der Waals surface area contributed by atoms with Crippen LogP contribution in [0, 0.1) is 0 Å². The molecule has 1 aromatic rings. The quantitative estimate of drug-likeness (QED) is 0.868. The number of nitrogens with one attached hydrogen (secondary N) is 1. The van der Waals surface area contributed by atoms with Crippen molar-refractivity contribution in [3.63, 3.8) is 0 Å². The Kier molecular flexibility index (Phi) is 5.31. The topological polar surface area (TPSA) is 32.3 Å². The van der Waals surface area contributed by atoms with E-state index in [9.17, 15) is 5.11 Å². The van der Waals surface area contributed by atoms with E-state index in [1.54, 1.807) is 0 Å². The molecule has 19 heavy (non-hydrogen) atoms. The van der Waals surface area contributed by atoms with Gasteiger partial charge in [-0.3, -0.25) is 0 Å². The molecule has 0 heterocycles. The molecule has 1 aliphatic rings. The maximum atomic E-state index is 10.6. The molecule has 0 aromatic heterocycles. The standard InChI is InChI=1S/C16H25NOS/c1-16(18,13-7-4-3-5-8-13)12-17-14-9-6-10-15(11-14)19-2/h3-5,7-8,14-15,17-18H,6,9-12H2,1-2H3. The molecule has 2 N–H and O–H groups in total. The highest BCUT2D eigenvalue weighted by Crippen LogP contribution is 2.27. The lowest BCUT2D eigenvalue weighted by molar-refractivity contribution is 0.0523. The molecule has 0 spiro atoms. The van der Waals surface area contributed by atoms with Gasteiger partial charge in [-0.15, -0.1) is 0 Å². The first-order chi connectivity index (χ1) is 9.12. The van der Waals surface area contributed by atoms with E-state index in [0.717, 1.165) is 10.8 Å². The van der Waals surface area contributed by atoms with Crippen LogP contribution in [0.4, 0.5) is 0 Å². The fraction of sp³-hybridized carbons (Fsp3) is 0.625. The summed E-state index contributed by atoms with van der Waals surface area (Å²) >= 11 is 1.98. The molecule has 0 bridgehead atoms. The molecule has 1 saturated carbocycles. The fourth-order valence-electron chi connectivity index (χ4n) is 2.79. The molecule has 2 nitrogen and oxygen atoms in total. The summed E-state index contributed by atoms with van der Waals surface area (Å²) in [6, 6.07) is 10.5. The average molecular weight is 279 g/mol. The van der Waals surface area contributed by atoms with Crippen LogP contribution in [0.1, 0.15) is 38.2 Å². The SMILES string of the molecule is CSC1CCCC(NCC(C)(O)c2ccccc2)C1. The predicted molar refractivity (Wildman–Crippen MR) is 83.6 cm³/mol. The van der Waals surface area contributed by atoms with E-state index in [4.69, 9.17) is 0 Å². The molecule has 1 aliphatic carbocycles. The van der Waals surface area contributed by atoms with Crippen LogP contribution in [0.5, 0.6) is 0 Å². The molecule has 3 heteroatoms. The van der Waals surface area contributed by atoms with Crippen LogP contribution in [0.3, 0.4) is 0 Å². The highest BCUT2D eigenvalue weighted by Gasteiger charge is 2.26. The summed E-state index contributed by atoms with van der Waals surface area (Å²) in [6.45, 7) is 2.52. The van der Waals surface area contributed by atoms with E-state index in [-0.39, 0.29) is 0 Å². The van der Waals surface area contributed by atoms with Crippen molar-refractivity contribution in [1.82, 2.24) is 5.32 Å². The van der Waals surface area contributed by atoms with Crippen LogP contribution in [-0.2, 0) is 5.60 Å². The summed E-state index contributed by atoms with van der Waals surface area (Å²) in [5.74, 6) is 0. The monoisotopic (exact) mass is 279 g/mol. The van der Waals surface area contributed by atoms with E-state index in [1.807, 2.05) is 49.0 Å². The third-order valence-corrected chi connectivity index (χ3v) is 5.18. The van der Waals surface area contributed by atoms with Gasteiger partial charge in [0.15, 0.2) is 0 Å². The van der Waals surface area contributed by atoms with Crippen LogP contribution in [0.2, 0.25) is 0 Å². The van der Waals surface area contributed by atoms with Gasteiger partial charge < -0.3 is 10.4 Å². The Hall–Kier alpha value is -0.510. The van der Waals surface area contributed by atoms with Crippen molar-refractivity contribution < 1.29 is 5.11 Å². The number of hydrogen-bond donors (Lipinski definition) is 2. The van der Waals surface area contributed by atoms with Crippen molar-refractivity contribution >= 4 is 11.8 Å². The van der Waals surface area contributed by atoms with Gasteiger partial charge in [0.1, 0.15) is 0 Å². The van der Waals surface area contributed by atoms with Crippen LogP contribution >= 0.6 is 11.8 Å². The van der Waals surface area contributed by atoms with Crippen molar-refractivity contribution in [3.8, 4) is 0 Å². The molecular weight excluding hydrogens is 254 g/mol. The Bertz CT molecular complexity index is 380. The van der Waals surface area contributed by atoms with Crippen molar-refractivity contribution in [1.29, 1.82) is 0 Å². The summed E-state index contributed by atoms with van der Waals surface area (Å²) in [7, 11) is 0. The average Bonchev–Trinajstić information content (AvgIpc) is 2.46. The van der Waals surface area contributed by atoms with E-state index in [0.29, 0.717) is 12.6 Å². The smallest absolute Gasteiger partial charge is 0.0992 e. The Morgan fingerprint density at radius 2 is 2.05 bits per heavy atom. The van der Waals surface area contributed by atoms with Gasteiger partial charge in [-0.05, 0) is 38.0 Å². The Morgan fingerprint density at radius 3 is 2.74 bits per heavy atom. The van der Waals surface area contributed by atoms with E-state index in [2.05, 4.69) is 11.6 Å². The summed E-state index contributed by atoms with van der Waals surface area (Å²) in [5.41, 5.74) is 0.202. The zero-order valence-corrected chi connectivity index (χ0v) is 12.7. The normalized spacial score (nSPS) is 26.9. The second-order valence-electron chi connectivity index (χ2n) is 5.74. The first kappa shape index (κ1) is 14.9. The molecule has 0 aliphatic heterocycles. The maximum Gasteiger partial charge on any atom is 0.0992 e. The zero-order chi connectivity index (χ0) is 13.7. The van der Waals surface area contributed by atoms with E-state index in [1.165, 1.54) is 25.7 Å². The van der Waals surface area contributed by atoms with Crippen molar-refractivity contribution in [2.24, 2.45) is 0 Å². The largest absolute Gasteiger partial charge is 0.384 e. The number of hydrogen-bond acceptors (Lipinski definition) is 3. The lowest BCUT2D eigenvalue weighted by Crippen LogP contribution is -2.43. The minimum absolute atomic E-state index is 0.557. The van der Waals surface area contributed by atoms with Crippen molar-refractivity contribution in [3.05, 3.63) is 35.9 Å². The number of aliphatic hydroxyl groups is 1. The van der Waals surface area contributed by atoms with Gasteiger partial charge in [0.25, 0.3) is 0 Å². The molecule has 2 rings (SSSR count). The van der Waals surface area contributed by atoms with Gasteiger partial charge >= 0.3 is 0 Å². The maximum absolute atomic E-state index is 10.6. The minimum atomic E-state index is -0.784. The first-order valence-electron chi connectivity index (χ1n) is 7.16. The highest BCUT2D eigenvalue weighted by molar-refractivity contribution is 7.99. The fourth-order valence-corrected chi connectivity index (χ4v) is 3.61. The van der Waals surface area contributed by atoms with Crippen LogP contribution in [-0.4, -0.2) is 29.2 Å². The van der Waals surface area contributed by atoms with E-state index >= 15 is 0 Å². The Labute approximate surface area is 121 Å². The summed E-state index contributed by atoms with van der Waals surface area (Å²) in [6.07, 6.45) is 7.31. The Morgan fingerprint density at radius 1 is 1.32 bits per heavy atom. The van der Waals surface area contributed by atoms with Gasteiger partial charge in [-0.2, -0.15) is 11.8 Å². The number of benzene rings is 1. The number of thioether (sulfide) groups is 1. The summed E-state index contributed by atoms with van der Waals surface area (Å²) in [5, 5.41) is 14.9. The lowest BCUT2D eigenvalue weighted by Gasteiger charge is -2.32. The second kappa shape index (κ2) is 6.78. The minimum Gasteiger partial charge on any atom is -0.384 e. The van der Waals surface area contributed by atoms with Gasteiger partial charge in [0.05, 0.1) is 5.60 Å². The van der Waals surface area contributed by atoms with E-state index < -0.39 is 5.60 Å². The molecule has 0 radical (unpaired) electrons. The molecule has 1 fully saturated rings. The molecule has 106 valence electrons. The van der Waals surface area contributed by atoms with Crippen LogP contribution in [0.25, 0.3) is 0 Å². The van der Waals surface area contributed by atoms with Gasteiger partial charge in [-0.25, -0.2) is 0 Å². The Balaban J connectivity index is 1.87. The molecule has 0 saturated heterocycles. The predicted octanol–water partition coefficient (Wildman–Crippen LogP) is 3.16. The van der Waals surface area contributed by atoms with Gasteiger partial charge in [0, 0.05) is 17.8 Å². The van der Waals surface area contributed by atoms with Gasteiger partial charge in [-0.1, -0.05) is 36.8 Å². The second-order valence-corrected chi connectivity index (χ2v) is 6.88. The third kappa shape index (κ3) is 4.23. The molecule has 3 unspecified atom stereocenters. The molecule has 3 atom stereocenters.